The Balaban J connectivity index is 2.35. The van der Waals surface area contributed by atoms with Crippen LogP contribution >= 0.6 is 0 Å². The van der Waals surface area contributed by atoms with Crippen molar-refractivity contribution in [2.75, 3.05) is 6.54 Å². The Morgan fingerprint density at radius 1 is 1.13 bits per heavy atom. The molecule has 0 amide bonds. The molecule has 0 fully saturated rings. The lowest BCUT2D eigenvalue weighted by Gasteiger charge is -2.34. The van der Waals surface area contributed by atoms with Crippen LogP contribution in [0.1, 0.15) is 59.0 Å². The molecule has 0 N–H and O–H groups in total. The van der Waals surface area contributed by atoms with Gasteiger partial charge in [0.2, 0.25) is 0 Å². The minimum atomic E-state index is -0.127. The van der Waals surface area contributed by atoms with Crippen molar-refractivity contribution < 1.29 is 0 Å². The monoisotopic (exact) mass is 315 g/mol. The summed E-state index contributed by atoms with van der Waals surface area (Å²) in [6, 6.07) is 10.8. The maximum Gasteiger partial charge on any atom is 0.169 e. The maximum atomic E-state index is 4.37. The summed E-state index contributed by atoms with van der Waals surface area (Å²) in [6.45, 7) is 14.9. The molecule has 23 heavy (non-hydrogen) atoms. The molecule has 0 radical (unpaired) electrons. The Morgan fingerprint density at radius 3 is 2.30 bits per heavy atom. The summed E-state index contributed by atoms with van der Waals surface area (Å²) in [7, 11) is 0. The quantitative estimate of drug-likeness (QED) is 0.816. The van der Waals surface area contributed by atoms with Gasteiger partial charge in [-0.15, -0.1) is 5.10 Å². The van der Waals surface area contributed by atoms with Crippen LogP contribution in [0.15, 0.2) is 30.3 Å². The lowest BCUT2D eigenvalue weighted by Crippen LogP contribution is -2.36. The van der Waals surface area contributed by atoms with E-state index in [9.17, 15) is 0 Å². The van der Waals surface area contributed by atoms with Crippen molar-refractivity contribution >= 4 is 0 Å². The molecule has 0 unspecified atom stereocenters. The van der Waals surface area contributed by atoms with E-state index in [0.29, 0.717) is 5.92 Å². The lowest BCUT2D eigenvalue weighted by atomic mass is 9.99. The van der Waals surface area contributed by atoms with E-state index in [1.807, 2.05) is 4.68 Å². The molecule has 1 heterocycles. The van der Waals surface area contributed by atoms with Crippen LogP contribution in [0.25, 0.3) is 0 Å². The summed E-state index contributed by atoms with van der Waals surface area (Å²) >= 11 is 0. The molecule has 0 bridgehead atoms. The first-order chi connectivity index (χ1) is 10.8. The van der Waals surface area contributed by atoms with Gasteiger partial charge >= 0.3 is 0 Å². The van der Waals surface area contributed by atoms with Crippen LogP contribution in [0.5, 0.6) is 0 Å². The van der Waals surface area contributed by atoms with E-state index in [0.717, 1.165) is 18.9 Å². The summed E-state index contributed by atoms with van der Waals surface area (Å²) in [6.07, 6.45) is 0. The van der Waals surface area contributed by atoms with E-state index in [1.165, 1.54) is 5.56 Å². The van der Waals surface area contributed by atoms with Gasteiger partial charge in [-0.25, -0.2) is 4.68 Å². The molecule has 1 atom stereocenters. The number of tetrazole rings is 1. The van der Waals surface area contributed by atoms with Crippen molar-refractivity contribution in [2.45, 2.75) is 59.7 Å². The fourth-order valence-corrected chi connectivity index (χ4v) is 2.96. The van der Waals surface area contributed by atoms with Crippen molar-refractivity contribution in [1.29, 1.82) is 0 Å². The summed E-state index contributed by atoms with van der Waals surface area (Å²) in [5.41, 5.74) is 1.19. The largest absolute Gasteiger partial charge is 0.289 e. The van der Waals surface area contributed by atoms with Crippen molar-refractivity contribution in [1.82, 2.24) is 25.1 Å². The third kappa shape index (κ3) is 4.16. The molecular formula is C18H29N5. The Bertz CT molecular complexity index is 597. The zero-order chi connectivity index (χ0) is 17.0. The number of rotatable bonds is 6. The average molecular weight is 315 g/mol. The molecule has 0 saturated heterocycles. The number of nitrogens with zero attached hydrogens (tertiary/aromatic N) is 5. The van der Waals surface area contributed by atoms with Crippen molar-refractivity contribution in [3.8, 4) is 0 Å². The third-order valence-electron chi connectivity index (χ3n) is 4.05. The fraction of sp³-hybridized carbons (Fsp3) is 0.611. The number of benzene rings is 1. The molecule has 5 heteroatoms. The second-order valence-corrected chi connectivity index (χ2v) is 7.36. The molecule has 5 nitrogen and oxygen atoms in total. The van der Waals surface area contributed by atoms with Gasteiger partial charge in [0.1, 0.15) is 0 Å². The molecule has 2 aromatic rings. The average Bonchev–Trinajstić information content (AvgIpc) is 2.96. The SMILES string of the molecule is CCN(Cc1ccccc1)[C@H](c1nnnn1C(C)(C)C)C(C)C. The van der Waals surface area contributed by atoms with Crippen molar-refractivity contribution in [3.05, 3.63) is 41.7 Å². The van der Waals surface area contributed by atoms with Crippen LogP contribution in [0.2, 0.25) is 0 Å². The molecule has 0 saturated carbocycles. The topological polar surface area (TPSA) is 46.8 Å². The molecule has 1 aromatic carbocycles. The van der Waals surface area contributed by atoms with Gasteiger partial charge in [-0.2, -0.15) is 0 Å². The second-order valence-electron chi connectivity index (χ2n) is 7.36. The maximum absolute atomic E-state index is 4.37. The zero-order valence-electron chi connectivity index (χ0n) is 15.2. The molecule has 126 valence electrons. The third-order valence-corrected chi connectivity index (χ3v) is 4.05. The van der Waals surface area contributed by atoms with E-state index >= 15 is 0 Å². The number of aromatic nitrogens is 4. The minimum Gasteiger partial charge on any atom is -0.289 e. The van der Waals surface area contributed by atoms with E-state index < -0.39 is 0 Å². The molecule has 0 spiro atoms. The normalized spacial score (nSPS) is 13.7. The second kappa shape index (κ2) is 7.21. The van der Waals surface area contributed by atoms with E-state index in [1.54, 1.807) is 0 Å². The first kappa shape index (κ1) is 17.6. The van der Waals surface area contributed by atoms with Crippen LogP contribution < -0.4 is 0 Å². The number of hydrogen-bond acceptors (Lipinski definition) is 4. The molecule has 1 aromatic heterocycles. The highest BCUT2D eigenvalue weighted by Crippen LogP contribution is 2.30. The highest BCUT2D eigenvalue weighted by atomic mass is 15.6. The summed E-state index contributed by atoms with van der Waals surface area (Å²) in [4.78, 5) is 2.45. The van der Waals surface area contributed by atoms with Crippen molar-refractivity contribution in [3.63, 3.8) is 0 Å². The van der Waals surface area contributed by atoms with E-state index in [2.05, 4.69) is 92.3 Å². The van der Waals surface area contributed by atoms with Crippen LogP contribution in [0.4, 0.5) is 0 Å². The molecule has 0 aliphatic heterocycles. The van der Waals surface area contributed by atoms with Gasteiger partial charge in [0.15, 0.2) is 5.82 Å². The van der Waals surface area contributed by atoms with Gasteiger partial charge in [-0.05, 0) is 49.2 Å². The Morgan fingerprint density at radius 2 is 1.78 bits per heavy atom. The lowest BCUT2D eigenvalue weighted by molar-refractivity contribution is 0.135. The minimum absolute atomic E-state index is 0.127. The highest BCUT2D eigenvalue weighted by molar-refractivity contribution is 5.15. The highest BCUT2D eigenvalue weighted by Gasteiger charge is 2.31. The van der Waals surface area contributed by atoms with Crippen LogP contribution in [0.3, 0.4) is 0 Å². The first-order valence-electron chi connectivity index (χ1n) is 8.41. The van der Waals surface area contributed by atoms with Gasteiger partial charge < -0.3 is 0 Å². The van der Waals surface area contributed by atoms with Gasteiger partial charge in [0.05, 0.1) is 11.6 Å². The summed E-state index contributed by atoms with van der Waals surface area (Å²) in [5.74, 6) is 1.37. The van der Waals surface area contributed by atoms with Gasteiger partial charge in [-0.1, -0.05) is 51.1 Å². The molecule has 0 aliphatic carbocycles. The van der Waals surface area contributed by atoms with E-state index in [4.69, 9.17) is 0 Å². The standard InChI is InChI=1S/C18H29N5/c1-7-22(13-15-11-9-8-10-12-15)16(14(2)3)17-19-20-21-23(17)18(4,5)6/h8-12,14,16H,7,13H2,1-6H3/t16-/m0/s1. The Kier molecular flexibility index (Phi) is 5.52. The smallest absolute Gasteiger partial charge is 0.169 e. The van der Waals surface area contributed by atoms with Crippen molar-refractivity contribution in [2.24, 2.45) is 5.92 Å². The van der Waals surface area contributed by atoms with Gasteiger partial charge in [0.25, 0.3) is 0 Å². The molecular weight excluding hydrogens is 286 g/mol. The first-order valence-corrected chi connectivity index (χ1v) is 8.41. The number of hydrogen-bond donors (Lipinski definition) is 0. The van der Waals surface area contributed by atoms with Crippen LogP contribution in [0, 0.1) is 5.92 Å². The molecule has 0 aliphatic rings. The predicted molar refractivity (Wildman–Crippen MR) is 92.9 cm³/mol. The Labute approximate surface area is 139 Å². The molecule has 2 rings (SSSR count). The summed E-state index contributed by atoms with van der Waals surface area (Å²) < 4.78 is 1.96. The van der Waals surface area contributed by atoms with E-state index in [-0.39, 0.29) is 11.6 Å². The zero-order valence-corrected chi connectivity index (χ0v) is 15.2. The Hall–Kier alpha value is -1.75. The fourth-order valence-electron chi connectivity index (χ4n) is 2.96. The predicted octanol–water partition coefficient (Wildman–Crippen LogP) is 3.65. The van der Waals surface area contributed by atoms with Gasteiger partial charge in [0, 0.05) is 6.54 Å². The van der Waals surface area contributed by atoms with Gasteiger partial charge in [-0.3, -0.25) is 4.90 Å². The van der Waals surface area contributed by atoms with Crippen LogP contribution in [-0.2, 0) is 12.1 Å². The summed E-state index contributed by atoms with van der Waals surface area (Å²) in [5, 5.41) is 12.6. The van der Waals surface area contributed by atoms with Crippen LogP contribution in [-0.4, -0.2) is 31.7 Å².